The second-order valence-electron chi connectivity index (χ2n) is 8.70. The SMILES string of the molecule is CC1CC(NC(=O)C2CSCN2C(=O)c2ccc(C(C)(C)C)cc2)CCN1.Cl. The molecule has 3 atom stereocenters. The highest BCUT2D eigenvalue weighted by Gasteiger charge is 2.36. The number of amides is 2. The van der Waals surface area contributed by atoms with Crippen LogP contribution in [0.3, 0.4) is 0 Å². The summed E-state index contributed by atoms with van der Waals surface area (Å²) in [6.45, 7) is 9.53. The summed E-state index contributed by atoms with van der Waals surface area (Å²) in [5.74, 6) is 1.16. The van der Waals surface area contributed by atoms with Crippen molar-refractivity contribution >= 4 is 36.0 Å². The standard InChI is InChI=1S/C21H31N3O2S.ClH/c1-14-11-17(9-10-22-14)23-19(25)18-12-27-13-24(18)20(26)15-5-7-16(8-6-15)21(2,3)4;/h5-8,14,17-18,22H,9-13H2,1-4H3,(H,23,25);1H. The highest BCUT2D eigenvalue weighted by atomic mass is 35.5. The minimum absolute atomic E-state index is 0. The zero-order chi connectivity index (χ0) is 19.6. The molecule has 2 aliphatic heterocycles. The number of carbonyl (C=O) groups excluding carboxylic acids is 2. The summed E-state index contributed by atoms with van der Waals surface area (Å²) in [7, 11) is 0. The highest BCUT2D eigenvalue weighted by molar-refractivity contribution is 7.99. The van der Waals surface area contributed by atoms with Gasteiger partial charge in [0.15, 0.2) is 0 Å². The molecule has 0 aliphatic carbocycles. The molecule has 2 heterocycles. The Balaban J connectivity index is 0.00000280. The number of piperidine rings is 1. The normalized spacial score (nSPS) is 25.1. The molecular weight excluding hydrogens is 394 g/mol. The van der Waals surface area contributed by atoms with E-state index in [0.29, 0.717) is 23.2 Å². The summed E-state index contributed by atoms with van der Waals surface area (Å²) in [6, 6.07) is 8.03. The van der Waals surface area contributed by atoms with Crippen LogP contribution in [-0.4, -0.2) is 53.0 Å². The molecule has 2 saturated heterocycles. The molecule has 0 aromatic heterocycles. The summed E-state index contributed by atoms with van der Waals surface area (Å²) in [5, 5.41) is 6.57. The van der Waals surface area contributed by atoms with E-state index in [-0.39, 0.29) is 41.7 Å². The van der Waals surface area contributed by atoms with Crippen LogP contribution < -0.4 is 10.6 Å². The first kappa shape index (κ1) is 23.0. The van der Waals surface area contributed by atoms with Crippen LogP contribution in [0.1, 0.15) is 56.5 Å². The van der Waals surface area contributed by atoms with Crippen LogP contribution in [-0.2, 0) is 10.2 Å². The summed E-state index contributed by atoms with van der Waals surface area (Å²) in [4.78, 5) is 27.5. The summed E-state index contributed by atoms with van der Waals surface area (Å²) < 4.78 is 0. The van der Waals surface area contributed by atoms with E-state index in [9.17, 15) is 9.59 Å². The highest BCUT2D eigenvalue weighted by Crippen LogP contribution is 2.26. The Hall–Kier alpha value is -1.24. The zero-order valence-corrected chi connectivity index (χ0v) is 18.8. The molecule has 7 heteroatoms. The van der Waals surface area contributed by atoms with Crippen LogP contribution in [0.15, 0.2) is 24.3 Å². The smallest absolute Gasteiger partial charge is 0.255 e. The van der Waals surface area contributed by atoms with Crippen molar-refractivity contribution in [2.24, 2.45) is 0 Å². The average molecular weight is 426 g/mol. The maximum absolute atomic E-state index is 13.0. The van der Waals surface area contributed by atoms with Gasteiger partial charge in [-0.2, -0.15) is 0 Å². The van der Waals surface area contributed by atoms with Gasteiger partial charge < -0.3 is 15.5 Å². The van der Waals surface area contributed by atoms with Gasteiger partial charge in [-0.15, -0.1) is 24.2 Å². The number of carbonyl (C=O) groups is 2. The molecule has 0 radical (unpaired) electrons. The van der Waals surface area contributed by atoms with Crippen molar-refractivity contribution in [1.29, 1.82) is 0 Å². The minimum atomic E-state index is -0.380. The van der Waals surface area contributed by atoms with Crippen LogP contribution in [0.2, 0.25) is 0 Å². The molecule has 2 N–H and O–H groups in total. The van der Waals surface area contributed by atoms with Crippen molar-refractivity contribution in [3.05, 3.63) is 35.4 Å². The predicted octanol–water partition coefficient (Wildman–Crippen LogP) is 3.18. The first-order valence-corrected chi connectivity index (χ1v) is 10.9. The molecule has 5 nitrogen and oxygen atoms in total. The van der Waals surface area contributed by atoms with Crippen molar-refractivity contribution in [3.63, 3.8) is 0 Å². The number of nitrogens with zero attached hydrogens (tertiary/aromatic N) is 1. The Morgan fingerprint density at radius 3 is 2.50 bits per heavy atom. The van der Waals surface area contributed by atoms with Crippen LogP contribution >= 0.6 is 24.2 Å². The molecule has 0 spiro atoms. The second kappa shape index (κ2) is 9.51. The number of benzene rings is 1. The van der Waals surface area contributed by atoms with Crippen molar-refractivity contribution in [2.45, 2.75) is 64.1 Å². The molecule has 156 valence electrons. The predicted molar refractivity (Wildman–Crippen MR) is 118 cm³/mol. The van der Waals surface area contributed by atoms with Gasteiger partial charge in [-0.05, 0) is 49.4 Å². The summed E-state index contributed by atoms with van der Waals surface area (Å²) in [6.07, 6.45) is 1.88. The Labute approximate surface area is 178 Å². The molecule has 0 saturated carbocycles. The lowest BCUT2D eigenvalue weighted by molar-refractivity contribution is -0.125. The largest absolute Gasteiger partial charge is 0.351 e. The van der Waals surface area contributed by atoms with E-state index in [1.807, 2.05) is 24.3 Å². The fourth-order valence-electron chi connectivity index (χ4n) is 3.70. The van der Waals surface area contributed by atoms with E-state index >= 15 is 0 Å². The molecule has 0 bridgehead atoms. The van der Waals surface area contributed by atoms with Crippen molar-refractivity contribution in [3.8, 4) is 0 Å². The fraction of sp³-hybridized carbons (Fsp3) is 0.619. The third-order valence-electron chi connectivity index (χ3n) is 5.41. The molecule has 1 aromatic rings. The number of thioether (sulfide) groups is 1. The van der Waals surface area contributed by atoms with Crippen LogP contribution in [0.25, 0.3) is 0 Å². The van der Waals surface area contributed by atoms with Gasteiger partial charge in [-0.1, -0.05) is 32.9 Å². The number of hydrogen-bond acceptors (Lipinski definition) is 4. The van der Waals surface area contributed by atoms with Gasteiger partial charge in [-0.3, -0.25) is 9.59 Å². The monoisotopic (exact) mass is 425 g/mol. The van der Waals surface area contributed by atoms with Gasteiger partial charge in [0, 0.05) is 23.4 Å². The lowest BCUT2D eigenvalue weighted by Gasteiger charge is -2.31. The van der Waals surface area contributed by atoms with Crippen molar-refractivity contribution < 1.29 is 9.59 Å². The number of rotatable bonds is 3. The minimum Gasteiger partial charge on any atom is -0.351 e. The maximum atomic E-state index is 13.0. The third kappa shape index (κ3) is 5.43. The topological polar surface area (TPSA) is 61.4 Å². The summed E-state index contributed by atoms with van der Waals surface area (Å²) >= 11 is 1.64. The average Bonchev–Trinajstić information content (AvgIpc) is 3.10. The third-order valence-corrected chi connectivity index (χ3v) is 6.43. The molecule has 2 aliphatic rings. The molecule has 1 aromatic carbocycles. The maximum Gasteiger partial charge on any atom is 0.255 e. The first-order valence-electron chi connectivity index (χ1n) is 9.78. The quantitative estimate of drug-likeness (QED) is 0.780. The van der Waals surface area contributed by atoms with E-state index in [1.165, 1.54) is 5.56 Å². The van der Waals surface area contributed by atoms with E-state index in [0.717, 1.165) is 19.4 Å². The molecule has 28 heavy (non-hydrogen) atoms. The van der Waals surface area contributed by atoms with Crippen molar-refractivity contribution in [1.82, 2.24) is 15.5 Å². The van der Waals surface area contributed by atoms with Crippen molar-refractivity contribution in [2.75, 3.05) is 18.2 Å². The van der Waals surface area contributed by atoms with Gasteiger partial charge in [0.2, 0.25) is 5.91 Å². The zero-order valence-electron chi connectivity index (χ0n) is 17.2. The lowest BCUT2D eigenvalue weighted by atomic mass is 9.86. The van der Waals surface area contributed by atoms with E-state index in [4.69, 9.17) is 0 Å². The first-order chi connectivity index (χ1) is 12.8. The van der Waals surface area contributed by atoms with Crippen LogP contribution in [0.5, 0.6) is 0 Å². The fourth-order valence-corrected chi connectivity index (χ4v) is 4.85. The molecule has 2 fully saturated rings. The van der Waals surface area contributed by atoms with Gasteiger partial charge >= 0.3 is 0 Å². The molecular formula is C21H32ClN3O2S. The van der Waals surface area contributed by atoms with E-state index in [1.54, 1.807) is 16.7 Å². The lowest BCUT2D eigenvalue weighted by Crippen LogP contribution is -2.53. The Kier molecular flexibility index (Phi) is 7.82. The Bertz CT molecular complexity index is 690. The van der Waals surface area contributed by atoms with Gasteiger partial charge in [-0.25, -0.2) is 0 Å². The number of hydrogen-bond donors (Lipinski definition) is 2. The van der Waals surface area contributed by atoms with Gasteiger partial charge in [0.05, 0.1) is 5.88 Å². The van der Waals surface area contributed by atoms with Gasteiger partial charge in [0.1, 0.15) is 6.04 Å². The van der Waals surface area contributed by atoms with Crippen LogP contribution in [0, 0.1) is 0 Å². The Morgan fingerprint density at radius 2 is 1.89 bits per heavy atom. The molecule has 3 rings (SSSR count). The second-order valence-corrected chi connectivity index (χ2v) is 9.70. The number of halogens is 1. The molecule has 3 unspecified atom stereocenters. The van der Waals surface area contributed by atoms with Crippen LogP contribution in [0.4, 0.5) is 0 Å². The Morgan fingerprint density at radius 1 is 1.21 bits per heavy atom. The molecule has 2 amide bonds. The number of nitrogens with one attached hydrogen (secondary N) is 2. The summed E-state index contributed by atoms with van der Waals surface area (Å²) in [5.41, 5.74) is 1.91. The van der Waals surface area contributed by atoms with Gasteiger partial charge in [0.25, 0.3) is 5.91 Å². The van der Waals surface area contributed by atoms with E-state index in [2.05, 4.69) is 38.3 Å². The van der Waals surface area contributed by atoms with E-state index < -0.39 is 0 Å².